The lowest BCUT2D eigenvalue weighted by atomic mass is 10.0. The molecule has 1 N–H and O–H groups in total. The highest BCUT2D eigenvalue weighted by Crippen LogP contribution is 2.45. The third-order valence-electron chi connectivity index (χ3n) is 3.43. The molecule has 0 radical (unpaired) electrons. The molecule has 19 heavy (non-hydrogen) atoms. The second-order valence-electron chi connectivity index (χ2n) is 4.96. The molecule has 1 aliphatic rings. The van der Waals surface area contributed by atoms with Gasteiger partial charge >= 0.3 is 0 Å². The van der Waals surface area contributed by atoms with Crippen LogP contribution in [-0.2, 0) is 0 Å². The first-order valence-corrected chi connectivity index (χ1v) is 8.96. The van der Waals surface area contributed by atoms with E-state index in [1.54, 1.807) is 0 Å². The Kier molecular flexibility index (Phi) is 3.92. The van der Waals surface area contributed by atoms with Crippen LogP contribution < -0.4 is 5.32 Å². The first-order chi connectivity index (χ1) is 9.15. The average molecular weight is 354 g/mol. The highest BCUT2D eigenvalue weighted by molar-refractivity contribution is 9.10. The van der Waals surface area contributed by atoms with Crippen LogP contribution in [0.5, 0.6) is 0 Å². The van der Waals surface area contributed by atoms with Crippen LogP contribution in [0.2, 0.25) is 0 Å². The van der Waals surface area contributed by atoms with Crippen molar-refractivity contribution in [3.05, 3.63) is 45.2 Å². The molecule has 4 heteroatoms. The summed E-state index contributed by atoms with van der Waals surface area (Å²) in [6.45, 7) is 4.44. The van der Waals surface area contributed by atoms with Gasteiger partial charge in [-0.25, -0.2) is 0 Å². The average Bonchev–Trinajstić information content (AvgIpc) is 2.83. The number of hydrogen-bond acceptors (Lipinski definition) is 3. The van der Waals surface area contributed by atoms with Gasteiger partial charge in [0.15, 0.2) is 0 Å². The summed E-state index contributed by atoms with van der Waals surface area (Å²) in [6.07, 6.45) is 1.18. The second kappa shape index (κ2) is 5.51. The molecular formula is C15H16BrNS2. The summed E-state index contributed by atoms with van der Waals surface area (Å²) < 4.78 is 2.65. The van der Waals surface area contributed by atoms with Crippen molar-refractivity contribution in [1.82, 2.24) is 0 Å². The molecule has 0 spiro atoms. The lowest BCUT2D eigenvalue weighted by Crippen LogP contribution is -2.19. The van der Waals surface area contributed by atoms with Crippen LogP contribution in [0.3, 0.4) is 0 Å². The van der Waals surface area contributed by atoms with Crippen molar-refractivity contribution in [3.63, 3.8) is 0 Å². The lowest BCUT2D eigenvalue weighted by molar-refractivity contribution is 0.669. The van der Waals surface area contributed by atoms with Crippen molar-refractivity contribution < 1.29 is 0 Å². The van der Waals surface area contributed by atoms with Crippen LogP contribution in [0.4, 0.5) is 5.69 Å². The standard InChI is InChI=1S/C15H16BrNS2/c1-9-4-3-5-12(14(9)16)17-13-8-10(2)19-15-11(13)6-7-18-15/h3-7,10,13,17H,8H2,1-2H3/t10-,13?/m0/s1. The number of thioether (sulfide) groups is 1. The van der Waals surface area contributed by atoms with Crippen LogP contribution >= 0.6 is 39.0 Å². The Balaban J connectivity index is 1.90. The largest absolute Gasteiger partial charge is 0.377 e. The van der Waals surface area contributed by atoms with Crippen molar-refractivity contribution >= 4 is 44.7 Å². The van der Waals surface area contributed by atoms with Gasteiger partial charge in [-0.2, -0.15) is 0 Å². The van der Waals surface area contributed by atoms with E-state index in [1.807, 2.05) is 23.1 Å². The molecule has 100 valence electrons. The number of hydrogen-bond donors (Lipinski definition) is 1. The van der Waals surface area contributed by atoms with E-state index in [0.717, 1.165) is 0 Å². The molecule has 1 aliphatic heterocycles. The number of rotatable bonds is 2. The SMILES string of the molecule is Cc1cccc(NC2C[C@H](C)Sc3sccc32)c1Br. The highest BCUT2D eigenvalue weighted by atomic mass is 79.9. The second-order valence-corrected chi connectivity index (χ2v) is 8.38. The predicted octanol–water partition coefficient (Wildman–Crippen LogP) is 5.86. The molecular weight excluding hydrogens is 338 g/mol. The number of anilines is 1. The van der Waals surface area contributed by atoms with Gasteiger partial charge in [0.2, 0.25) is 0 Å². The molecule has 0 saturated heterocycles. The molecule has 1 nitrogen and oxygen atoms in total. The predicted molar refractivity (Wildman–Crippen MR) is 89.5 cm³/mol. The zero-order valence-corrected chi connectivity index (χ0v) is 14.2. The summed E-state index contributed by atoms with van der Waals surface area (Å²) in [5.74, 6) is 0. The van der Waals surface area contributed by atoms with Crippen LogP contribution in [0, 0.1) is 6.92 Å². The van der Waals surface area contributed by atoms with Crippen LogP contribution in [0.1, 0.15) is 30.5 Å². The molecule has 0 bridgehead atoms. The summed E-state index contributed by atoms with van der Waals surface area (Å²) in [6, 6.07) is 9.08. The molecule has 0 fully saturated rings. The summed E-state index contributed by atoms with van der Waals surface area (Å²) in [5, 5.41) is 6.59. The summed E-state index contributed by atoms with van der Waals surface area (Å²) in [7, 11) is 0. The third-order valence-corrected chi connectivity index (χ3v) is 6.83. The number of fused-ring (bicyclic) bond motifs is 1. The first-order valence-electron chi connectivity index (χ1n) is 6.41. The van der Waals surface area contributed by atoms with Gasteiger partial charge in [0, 0.05) is 15.4 Å². The van der Waals surface area contributed by atoms with Gasteiger partial charge < -0.3 is 5.32 Å². The number of aryl methyl sites for hydroxylation is 1. The normalized spacial score (nSPS) is 22.1. The fraction of sp³-hybridized carbons (Fsp3) is 0.333. The van der Waals surface area contributed by atoms with Crippen molar-refractivity contribution in [2.24, 2.45) is 0 Å². The van der Waals surface area contributed by atoms with Crippen LogP contribution in [0.25, 0.3) is 0 Å². The molecule has 1 aromatic carbocycles. The van der Waals surface area contributed by atoms with Gasteiger partial charge in [-0.1, -0.05) is 19.1 Å². The van der Waals surface area contributed by atoms with Gasteiger partial charge in [0.1, 0.15) is 0 Å². The van der Waals surface area contributed by atoms with Crippen molar-refractivity contribution in [2.45, 2.75) is 35.8 Å². The number of nitrogens with one attached hydrogen (secondary N) is 1. The topological polar surface area (TPSA) is 12.0 Å². The Bertz CT molecular complexity index is 594. The lowest BCUT2D eigenvalue weighted by Gasteiger charge is -2.29. The van der Waals surface area contributed by atoms with Crippen LogP contribution in [0.15, 0.2) is 38.3 Å². The summed E-state index contributed by atoms with van der Waals surface area (Å²) in [5.41, 5.74) is 3.93. The monoisotopic (exact) mass is 353 g/mol. The third kappa shape index (κ3) is 2.71. The summed E-state index contributed by atoms with van der Waals surface area (Å²) >= 11 is 7.56. The smallest absolute Gasteiger partial charge is 0.0653 e. The van der Waals surface area contributed by atoms with Gasteiger partial charge in [0.25, 0.3) is 0 Å². The molecule has 1 aromatic heterocycles. The van der Waals surface area contributed by atoms with Crippen molar-refractivity contribution in [2.75, 3.05) is 5.32 Å². The maximum Gasteiger partial charge on any atom is 0.0653 e. The van der Waals surface area contributed by atoms with Gasteiger partial charge in [-0.3, -0.25) is 0 Å². The molecule has 1 unspecified atom stereocenters. The van der Waals surface area contributed by atoms with E-state index in [9.17, 15) is 0 Å². The molecule has 2 atom stereocenters. The Morgan fingerprint density at radius 3 is 3.00 bits per heavy atom. The van der Waals surface area contributed by atoms with Crippen molar-refractivity contribution in [1.29, 1.82) is 0 Å². The molecule has 2 aromatic rings. The molecule has 3 rings (SSSR count). The fourth-order valence-electron chi connectivity index (χ4n) is 2.43. The van der Waals surface area contributed by atoms with E-state index in [2.05, 4.69) is 64.7 Å². The van der Waals surface area contributed by atoms with Crippen LogP contribution in [-0.4, -0.2) is 5.25 Å². The van der Waals surface area contributed by atoms with E-state index >= 15 is 0 Å². The van der Waals surface area contributed by atoms with E-state index in [-0.39, 0.29) is 0 Å². The van der Waals surface area contributed by atoms with Crippen molar-refractivity contribution in [3.8, 4) is 0 Å². The Morgan fingerprint density at radius 1 is 1.32 bits per heavy atom. The minimum Gasteiger partial charge on any atom is -0.377 e. The Morgan fingerprint density at radius 2 is 2.16 bits per heavy atom. The number of halogens is 1. The number of thiophene rings is 1. The minimum atomic E-state index is 0.426. The zero-order chi connectivity index (χ0) is 13.4. The molecule has 0 saturated carbocycles. The molecule has 0 amide bonds. The highest BCUT2D eigenvalue weighted by Gasteiger charge is 2.26. The maximum atomic E-state index is 3.71. The maximum absolute atomic E-state index is 3.71. The fourth-order valence-corrected chi connectivity index (χ4v) is 5.38. The van der Waals surface area contributed by atoms with E-state index in [4.69, 9.17) is 0 Å². The van der Waals surface area contributed by atoms with E-state index in [1.165, 1.54) is 31.9 Å². The minimum absolute atomic E-state index is 0.426. The molecule has 2 heterocycles. The Hall–Kier alpha value is -0.450. The first kappa shape index (κ1) is 13.5. The van der Waals surface area contributed by atoms with E-state index < -0.39 is 0 Å². The van der Waals surface area contributed by atoms with Gasteiger partial charge in [-0.05, 0) is 57.9 Å². The number of benzene rings is 1. The van der Waals surface area contributed by atoms with E-state index in [0.29, 0.717) is 11.3 Å². The zero-order valence-electron chi connectivity index (χ0n) is 10.9. The molecule has 0 aliphatic carbocycles. The van der Waals surface area contributed by atoms with Gasteiger partial charge in [0.05, 0.1) is 10.3 Å². The Labute approximate surface area is 130 Å². The quantitative estimate of drug-likeness (QED) is 0.725. The summed E-state index contributed by atoms with van der Waals surface area (Å²) in [4.78, 5) is 0. The van der Waals surface area contributed by atoms with Gasteiger partial charge in [-0.15, -0.1) is 23.1 Å².